The number of carboxylic acids is 1. The largest absolute Gasteiger partial charge is 0.480 e. The molecule has 0 aromatic heterocycles. The van der Waals surface area contributed by atoms with E-state index in [4.69, 9.17) is 5.11 Å². The van der Waals surface area contributed by atoms with Gasteiger partial charge in [0.05, 0.1) is 0 Å². The van der Waals surface area contributed by atoms with Gasteiger partial charge >= 0.3 is 5.97 Å². The van der Waals surface area contributed by atoms with Crippen LogP contribution in [0.25, 0.3) is 0 Å². The van der Waals surface area contributed by atoms with Gasteiger partial charge in [-0.25, -0.2) is 4.79 Å². The fourth-order valence-corrected chi connectivity index (χ4v) is 1.82. The van der Waals surface area contributed by atoms with Gasteiger partial charge in [0.2, 0.25) is 0 Å². The highest BCUT2D eigenvalue weighted by molar-refractivity contribution is 14.1. The number of nitrogens with one attached hydrogen (secondary N) is 1. The smallest absolute Gasteiger partial charge is 0.326 e. The molecule has 0 fully saturated rings. The van der Waals surface area contributed by atoms with E-state index in [9.17, 15) is 9.59 Å². The fraction of sp³-hybridized carbons (Fsp3) is 0.385. The van der Waals surface area contributed by atoms with Crippen LogP contribution in [0.5, 0.6) is 0 Å². The summed E-state index contributed by atoms with van der Waals surface area (Å²) in [5, 5.41) is 11.7. The quantitative estimate of drug-likeness (QED) is 0.814. The van der Waals surface area contributed by atoms with Crippen LogP contribution in [0.2, 0.25) is 0 Å². The maximum absolute atomic E-state index is 11.9. The molecule has 1 unspecified atom stereocenters. The monoisotopic (exact) mass is 361 g/mol. The van der Waals surface area contributed by atoms with E-state index in [1.54, 1.807) is 32.9 Å². The van der Waals surface area contributed by atoms with Gasteiger partial charge in [0.25, 0.3) is 5.91 Å². The van der Waals surface area contributed by atoms with Crippen molar-refractivity contribution < 1.29 is 14.7 Å². The Kier molecular flexibility index (Phi) is 4.72. The minimum absolute atomic E-state index is 0.367. The summed E-state index contributed by atoms with van der Waals surface area (Å²) >= 11 is 2.14. The van der Waals surface area contributed by atoms with Crippen molar-refractivity contribution in [3.05, 3.63) is 33.4 Å². The maximum atomic E-state index is 11.9. The number of carboxylic acid groups (broad SMARTS) is 1. The van der Waals surface area contributed by atoms with Crippen LogP contribution in [0.4, 0.5) is 0 Å². The van der Waals surface area contributed by atoms with Crippen LogP contribution in [-0.4, -0.2) is 23.0 Å². The zero-order chi connectivity index (χ0) is 13.9. The first-order chi connectivity index (χ1) is 8.21. The molecule has 0 saturated heterocycles. The van der Waals surface area contributed by atoms with Gasteiger partial charge in [0, 0.05) is 9.13 Å². The highest BCUT2D eigenvalue weighted by atomic mass is 127. The molecule has 1 aromatic carbocycles. The van der Waals surface area contributed by atoms with Gasteiger partial charge in [-0.1, -0.05) is 20.8 Å². The molecule has 98 valence electrons. The van der Waals surface area contributed by atoms with Crippen LogP contribution in [0, 0.1) is 8.99 Å². The second kappa shape index (κ2) is 5.69. The van der Waals surface area contributed by atoms with E-state index in [0.717, 1.165) is 3.57 Å². The Morgan fingerprint density at radius 1 is 1.22 bits per heavy atom. The number of carbonyl (C=O) groups excluding carboxylic acids is 1. The van der Waals surface area contributed by atoms with E-state index in [2.05, 4.69) is 27.9 Å². The third kappa shape index (κ3) is 3.97. The molecule has 0 heterocycles. The summed E-state index contributed by atoms with van der Waals surface area (Å²) < 4.78 is 1.02. The molecule has 4 nitrogen and oxygen atoms in total. The van der Waals surface area contributed by atoms with Gasteiger partial charge in [0.15, 0.2) is 0 Å². The van der Waals surface area contributed by atoms with Gasteiger partial charge in [-0.05, 0) is 52.3 Å². The molecule has 0 aliphatic heterocycles. The number of halogens is 1. The minimum Gasteiger partial charge on any atom is -0.480 e. The van der Waals surface area contributed by atoms with Crippen LogP contribution in [-0.2, 0) is 4.79 Å². The number of benzene rings is 1. The lowest BCUT2D eigenvalue weighted by Crippen LogP contribution is -2.49. The number of amides is 1. The van der Waals surface area contributed by atoms with Crippen LogP contribution in [0.15, 0.2) is 24.3 Å². The van der Waals surface area contributed by atoms with E-state index in [-0.39, 0.29) is 5.91 Å². The molecule has 0 saturated carbocycles. The summed E-state index contributed by atoms with van der Waals surface area (Å²) in [4.78, 5) is 23.1. The molecule has 1 atom stereocenters. The van der Waals surface area contributed by atoms with E-state index < -0.39 is 17.4 Å². The molecule has 2 N–H and O–H groups in total. The van der Waals surface area contributed by atoms with Gasteiger partial charge in [0.1, 0.15) is 6.04 Å². The summed E-state index contributed by atoms with van der Waals surface area (Å²) in [6.45, 7) is 5.33. The van der Waals surface area contributed by atoms with Crippen LogP contribution >= 0.6 is 22.6 Å². The molecule has 1 aromatic rings. The second-order valence-electron chi connectivity index (χ2n) is 5.12. The van der Waals surface area contributed by atoms with E-state index in [1.807, 2.05) is 12.1 Å². The van der Waals surface area contributed by atoms with Gasteiger partial charge < -0.3 is 10.4 Å². The number of hydrogen-bond acceptors (Lipinski definition) is 2. The van der Waals surface area contributed by atoms with Crippen molar-refractivity contribution in [2.45, 2.75) is 26.8 Å². The summed E-state index contributed by atoms with van der Waals surface area (Å²) in [6.07, 6.45) is 0. The Morgan fingerprint density at radius 2 is 1.72 bits per heavy atom. The van der Waals surface area contributed by atoms with Crippen molar-refractivity contribution in [1.82, 2.24) is 5.32 Å². The Labute approximate surface area is 120 Å². The van der Waals surface area contributed by atoms with Gasteiger partial charge in [-0.2, -0.15) is 0 Å². The predicted molar refractivity (Wildman–Crippen MR) is 77.5 cm³/mol. The van der Waals surface area contributed by atoms with Crippen molar-refractivity contribution in [2.24, 2.45) is 5.41 Å². The third-order valence-corrected chi connectivity index (χ3v) is 3.21. The average Bonchev–Trinajstić information content (AvgIpc) is 2.24. The minimum atomic E-state index is -1.03. The Hall–Kier alpha value is -1.11. The summed E-state index contributed by atoms with van der Waals surface area (Å²) in [5.41, 5.74) is -0.0732. The summed E-state index contributed by atoms with van der Waals surface area (Å²) in [6, 6.07) is 6.06. The maximum Gasteiger partial charge on any atom is 0.326 e. The molecule has 0 aliphatic carbocycles. The SMILES string of the molecule is CC(C)(C)C(NC(=O)c1ccc(I)cc1)C(=O)O. The standard InChI is InChI=1S/C13H16INO3/c1-13(2,3)10(12(17)18)15-11(16)8-4-6-9(14)7-5-8/h4-7,10H,1-3H3,(H,15,16)(H,17,18). The lowest BCUT2D eigenvalue weighted by molar-refractivity contribution is -0.142. The molecule has 5 heteroatoms. The molecular formula is C13H16INO3. The van der Waals surface area contributed by atoms with Crippen molar-refractivity contribution in [3.8, 4) is 0 Å². The van der Waals surface area contributed by atoms with Crippen LogP contribution < -0.4 is 5.32 Å². The lowest BCUT2D eigenvalue weighted by Gasteiger charge is -2.27. The summed E-state index contributed by atoms with van der Waals surface area (Å²) in [7, 11) is 0. The zero-order valence-corrected chi connectivity index (χ0v) is 12.7. The Bertz CT molecular complexity index is 448. The first-order valence-corrected chi connectivity index (χ1v) is 6.59. The first kappa shape index (κ1) is 14.9. The number of aliphatic carboxylic acids is 1. The zero-order valence-electron chi connectivity index (χ0n) is 10.5. The van der Waals surface area contributed by atoms with E-state index in [1.165, 1.54) is 0 Å². The third-order valence-electron chi connectivity index (χ3n) is 2.49. The predicted octanol–water partition coefficient (Wildman–Crippen LogP) is 2.52. The highest BCUT2D eigenvalue weighted by Gasteiger charge is 2.32. The number of hydrogen-bond donors (Lipinski definition) is 2. The molecule has 1 rings (SSSR count). The molecule has 1 amide bonds. The van der Waals surface area contributed by atoms with Crippen LogP contribution in [0.1, 0.15) is 31.1 Å². The summed E-state index contributed by atoms with van der Waals surface area (Å²) in [5.74, 6) is -1.39. The van der Waals surface area contributed by atoms with Crippen molar-refractivity contribution in [3.63, 3.8) is 0 Å². The van der Waals surface area contributed by atoms with Crippen molar-refractivity contribution in [2.75, 3.05) is 0 Å². The molecule has 0 radical (unpaired) electrons. The normalized spacial score (nSPS) is 12.9. The van der Waals surface area contributed by atoms with Crippen molar-refractivity contribution >= 4 is 34.5 Å². The molecular weight excluding hydrogens is 345 g/mol. The Morgan fingerprint density at radius 3 is 2.11 bits per heavy atom. The van der Waals surface area contributed by atoms with E-state index in [0.29, 0.717) is 5.56 Å². The average molecular weight is 361 g/mol. The number of rotatable bonds is 3. The molecule has 0 aliphatic rings. The van der Waals surface area contributed by atoms with E-state index >= 15 is 0 Å². The lowest BCUT2D eigenvalue weighted by atomic mass is 9.86. The molecule has 18 heavy (non-hydrogen) atoms. The van der Waals surface area contributed by atoms with Gasteiger partial charge in [-0.15, -0.1) is 0 Å². The Balaban J connectivity index is 2.86. The topological polar surface area (TPSA) is 66.4 Å². The fourth-order valence-electron chi connectivity index (χ4n) is 1.46. The molecule has 0 spiro atoms. The first-order valence-electron chi connectivity index (χ1n) is 5.51. The van der Waals surface area contributed by atoms with Gasteiger partial charge in [-0.3, -0.25) is 4.79 Å². The van der Waals surface area contributed by atoms with Crippen molar-refractivity contribution in [1.29, 1.82) is 0 Å². The highest BCUT2D eigenvalue weighted by Crippen LogP contribution is 2.20. The molecule has 0 bridgehead atoms. The van der Waals surface area contributed by atoms with Crippen LogP contribution in [0.3, 0.4) is 0 Å². The second-order valence-corrected chi connectivity index (χ2v) is 6.36. The number of carbonyl (C=O) groups is 2.